The van der Waals surface area contributed by atoms with E-state index in [4.69, 9.17) is 4.74 Å². The largest absolute Gasteiger partial charge is 0.394 e. The van der Waals surface area contributed by atoms with Gasteiger partial charge >= 0.3 is 0 Å². The summed E-state index contributed by atoms with van der Waals surface area (Å²) in [5.74, 6) is -0.361. The van der Waals surface area contributed by atoms with Crippen LogP contribution in [0.3, 0.4) is 0 Å². The molecule has 0 aliphatic carbocycles. The number of aryl methyl sites for hydroxylation is 1. The second kappa shape index (κ2) is 9.10. The molecule has 0 radical (unpaired) electrons. The van der Waals surface area contributed by atoms with Crippen molar-refractivity contribution in [3.63, 3.8) is 0 Å². The summed E-state index contributed by atoms with van der Waals surface area (Å²) in [5.41, 5.74) is 2.41. The average molecular weight is 413 g/mol. The summed E-state index contributed by atoms with van der Waals surface area (Å²) in [6, 6.07) is 9.39. The van der Waals surface area contributed by atoms with Gasteiger partial charge in [-0.3, -0.25) is 4.79 Å². The van der Waals surface area contributed by atoms with E-state index in [1.807, 2.05) is 0 Å². The van der Waals surface area contributed by atoms with Crippen molar-refractivity contribution in [1.82, 2.24) is 25.5 Å². The Morgan fingerprint density at radius 1 is 1.27 bits per heavy atom. The zero-order valence-corrected chi connectivity index (χ0v) is 17.3. The first-order valence-corrected chi connectivity index (χ1v) is 9.48. The van der Waals surface area contributed by atoms with Crippen molar-refractivity contribution < 1.29 is 19.0 Å². The molecule has 0 bridgehead atoms. The summed E-state index contributed by atoms with van der Waals surface area (Å²) < 4.78 is 21.4. The third-order valence-corrected chi connectivity index (χ3v) is 4.72. The van der Waals surface area contributed by atoms with Crippen LogP contribution < -0.4 is 5.32 Å². The van der Waals surface area contributed by atoms with Crippen LogP contribution in [0.4, 0.5) is 4.39 Å². The summed E-state index contributed by atoms with van der Waals surface area (Å²) in [6.45, 7) is 5.08. The number of rotatable bonds is 7. The van der Waals surface area contributed by atoms with Crippen LogP contribution in [0.1, 0.15) is 41.7 Å². The van der Waals surface area contributed by atoms with Crippen LogP contribution >= 0.6 is 0 Å². The van der Waals surface area contributed by atoms with E-state index in [1.165, 1.54) is 17.9 Å². The van der Waals surface area contributed by atoms with E-state index in [9.17, 15) is 14.3 Å². The number of ether oxygens (including phenoxy) is 1. The standard InChI is InChI=1S/C21H24FN5O3/c1-12-5-6-18(19(22)7-12)15-8-16(21(29)23-13(2)11-28)10-17(9-15)27-20(14(3)30-4)24-25-26-27/h5-10,13-14,28H,11H2,1-4H3,(H,23,29)/t13?,14-/m0/s1. The first-order chi connectivity index (χ1) is 14.3. The first-order valence-electron chi connectivity index (χ1n) is 9.48. The van der Waals surface area contributed by atoms with E-state index >= 15 is 0 Å². The molecule has 8 nitrogen and oxygen atoms in total. The van der Waals surface area contributed by atoms with E-state index in [0.29, 0.717) is 22.6 Å². The Bertz CT molecular complexity index is 1050. The lowest BCUT2D eigenvalue weighted by atomic mass is 9.99. The molecule has 30 heavy (non-hydrogen) atoms. The highest BCUT2D eigenvalue weighted by molar-refractivity contribution is 5.96. The second-order valence-electron chi connectivity index (χ2n) is 7.14. The van der Waals surface area contributed by atoms with Crippen LogP contribution in [0.5, 0.6) is 0 Å². The first kappa shape index (κ1) is 21.5. The minimum absolute atomic E-state index is 0.201. The minimum Gasteiger partial charge on any atom is -0.394 e. The molecule has 0 spiro atoms. The van der Waals surface area contributed by atoms with Gasteiger partial charge in [0, 0.05) is 24.3 Å². The molecule has 0 saturated heterocycles. The molecule has 1 amide bonds. The molecule has 3 rings (SSSR count). The van der Waals surface area contributed by atoms with Gasteiger partial charge in [-0.15, -0.1) is 5.10 Å². The molecule has 9 heteroatoms. The maximum atomic E-state index is 14.7. The van der Waals surface area contributed by atoms with Crippen LogP contribution in [0, 0.1) is 12.7 Å². The predicted molar refractivity (Wildman–Crippen MR) is 109 cm³/mol. The van der Waals surface area contributed by atoms with Gasteiger partial charge in [-0.1, -0.05) is 12.1 Å². The lowest BCUT2D eigenvalue weighted by molar-refractivity contribution is 0.0922. The molecule has 1 aromatic heterocycles. The Morgan fingerprint density at radius 2 is 2.03 bits per heavy atom. The highest BCUT2D eigenvalue weighted by Crippen LogP contribution is 2.28. The SMILES string of the molecule is CO[C@@H](C)c1nnnn1-c1cc(C(=O)NC(C)CO)cc(-c2ccc(C)cc2F)c1. The number of aliphatic hydroxyl groups excluding tert-OH is 1. The third-order valence-electron chi connectivity index (χ3n) is 4.72. The van der Waals surface area contributed by atoms with Gasteiger partial charge in [-0.2, -0.15) is 4.68 Å². The average Bonchev–Trinajstić information content (AvgIpc) is 3.22. The van der Waals surface area contributed by atoms with E-state index < -0.39 is 23.9 Å². The van der Waals surface area contributed by atoms with Gasteiger partial charge in [0.15, 0.2) is 5.82 Å². The summed E-state index contributed by atoms with van der Waals surface area (Å²) in [5, 5.41) is 23.7. The van der Waals surface area contributed by atoms with Crippen LogP contribution in [-0.2, 0) is 4.74 Å². The molecule has 0 aliphatic rings. The lowest BCUT2D eigenvalue weighted by Crippen LogP contribution is -2.35. The Kier molecular flexibility index (Phi) is 6.53. The zero-order chi connectivity index (χ0) is 21.8. The number of halogens is 1. The van der Waals surface area contributed by atoms with E-state index in [-0.39, 0.29) is 12.2 Å². The fourth-order valence-corrected chi connectivity index (χ4v) is 2.96. The number of aromatic nitrogens is 4. The van der Waals surface area contributed by atoms with Gasteiger partial charge in [-0.25, -0.2) is 4.39 Å². The molecule has 0 aliphatic heterocycles. The molecule has 0 fully saturated rings. The molecule has 1 heterocycles. The number of nitrogens with zero attached hydrogens (tertiary/aromatic N) is 4. The maximum Gasteiger partial charge on any atom is 0.251 e. The van der Waals surface area contributed by atoms with Crippen molar-refractivity contribution in [1.29, 1.82) is 0 Å². The molecular weight excluding hydrogens is 389 g/mol. The molecule has 2 N–H and O–H groups in total. The van der Waals surface area contributed by atoms with E-state index in [2.05, 4.69) is 20.8 Å². The van der Waals surface area contributed by atoms with Crippen molar-refractivity contribution in [2.24, 2.45) is 0 Å². The number of hydrogen-bond donors (Lipinski definition) is 2. The van der Waals surface area contributed by atoms with Crippen LogP contribution in [0.25, 0.3) is 16.8 Å². The van der Waals surface area contributed by atoms with Gasteiger partial charge in [0.1, 0.15) is 11.9 Å². The van der Waals surface area contributed by atoms with Gasteiger partial charge in [0.05, 0.1) is 12.3 Å². The molecular formula is C21H24FN5O3. The highest BCUT2D eigenvalue weighted by atomic mass is 19.1. The smallest absolute Gasteiger partial charge is 0.251 e. The third kappa shape index (κ3) is 4.52. The van der Waals surface area contributed by atoms with Crippen molar-refractivity contribution in [2.75, 3.05) is 13.7 Å². The van der Waals surface area contributed by atoms with Crippen molar-refractivity contribution in [2.45, 2.75) is 32.9 Å². The normalized spacial score (nSPS) is 13.1. The number of nitrogens with one attached hydrogen (secondary N) is 1. The van der Waals surface area contributed by atoms with Crippen molar-refractivity contribution in [3.05, 3.63) is 59.2 Å². The van der Waals surface area contributed by atoms with Crippen molar-refractivity contribution >= 4 is 5.91 Å². The molecule has 3 aromatic rings. The number of hydrogen-bond acceptors (Lipinski definition) is 6. The minimum atomic E-state index is -0.433. The summed E-state index contributed by atoms with van der Waals surface area (Å²) in [4.78, 5) is 12.7. The number of tetrazole rings is 1. The zero-order valence-electron chi connectivity index (χ0n) is 17.3. The Balaban J connectivity index is 2.16. The van der Waals surface area contributed by atoms with Crippen molar-refractivity contribution in [3.8, 4) is 16.8 Å². The lowest BCUT2D eigenvalue weighted by Gasteiger charge is -2.15. The summed E-state index contributed by atoms with van der Waals surface area (Å²) >= 11 is 0. The van der Waals surface area contributed by atoms with Gasteiger partial charge in [0.2, 0.25) is 0 Å². The van der Waals surface area contributed by atoms with Gasteiger partial charge in [-0.05, 0) is 66.6 Å². The number of amides is 1. The number of carbonyl (C=O) groups is 1. The van der Waals surface area contributed by atoms with Crippen LogP contribution in [0.15, 0.2) is 36.4 Å². The van der Waals surface area contributed by atoms with Crippen LogP contribution in [-0.4, -0.2) is 51.0 Å². The summed E-state index contributed by atoms with van der Waals surface area (Å²) in [7, 11) is 1.54. The number of benzene rings is 2. The highest BCUT2D eigenvalue weighted by Gasteiger charge is 2.19. The Hall–Kier alpha value is -3.17. The van der Waals surface area contributed by atoms with Crippen LogP contribution in [0.2, 0.25) is 0 Å². The number of methoxy groups -OCH3 is 1. The monoisotopic (exact) mass is 413 g/mol. The fourth-order valence-electron chi connectivity index (χ4n) is 2.96. The molecule has 1 unspecified atom stereocenters. The predicted octanol–water partition coefficient (Wildman–Crippen LogP) is 2.59. The molecule has 0 saturated carbocycles. The summed E-state index contributed by atoms with van der Waals surface area (Å²) in [6.07, 6.45) is -0.397. The fraction of sp³-hybridized carbons (Fsp3) is 0.333. The van der Waals surface area contributed by atoms with Gasteiger partial charge < -0.3 is 15.2 Å². The number of aliphatic hydroxyl groups is 1. The second-order valence-corrected chi connectivity index (χ2v) is 7.14. The Morgan fingerprint density at radius 3 is 2.70 bits per heavy atom. The van der Waals surface area contributed by atoms with E-state index in [1.54, 1.807) is 51.1 Å². The topological polar surface area (TPSA) is 102 Å². The van der Waals surface area contributed by atoms with E-state index in [0.717, 1.165) is 5.56 Å². The molecule has 158 valence electrons. The number of carbonyl (C=O) groups excluding carboxylic acids is 1. The Labute approximate surface area is 173 Å². The van der Waals surface area contributed by atoms with Gasteiger partial charge in [0.25, 0.3) is 5.91 Å². The molecule has 2 atom stereocenters. The quantitative estimate of drug-likeness (QED) is 0.617. The molecule has 2 aromatic carbocycles. The maximum absolute atomic E-state index is 14.7.